The van der Waals surface area contributed by atoms with Gasteiger partial charge < -0.3 is 5.32 Å². The molecule has 90 valence electrons. The molecule has 1 N–H and O–H groups in total. The fourth-order valence-corrected chi connectivity index (χ4v) is 2.87. The third-order valence-corrected chi connectivity index (χ3v) is 3.68. The minimum absolute atomic E-state index is 0.566. The van der Waals surface area contributed by atoms with Gasteiger partial charge in [-0.25, -0.2) is 0 Å². The van der Waals surface area contributed by atoms with Crippen molar-refractivity contribution in [1.82, 2.24) is 20.0 Å². The molecule has 1 fully saturated rings. The topological polar surface area (TPSA) is 33.1 Å². The van der Waals surface area contributed by atoms with Gasteiger partial charge in [0, 0.05) is 38.8 Å². The van der Waals surface area contributed by atoms with Crippen LogP contribution in [0.3, 0.4) is 0 Å². The Morgan fingerprint density at radius 3 is 2.56 bits per heavy atom. The SMILES string of the molecule is CC1CN(Cc2c(Br)cnn2C)CC(C)N1. The lowest BCUT2D eigenvalue weighted by Crippen LogP contribution is -2.53. The van der Waals surface area contributed by atoms with Crippen LogP contribution >= 0.6 is 15.9 Å². The number of halogens is 1. The average molecular weight is 287 g/mol. The van der Waals surface area contributed by atoms with Crippen LogP contribution < -0.4 is 5.32 Å². The van der Waals surface area contributed by atoms with E-state index in [1.54, 1.807) is 0 Å². The first-order valence-corrected chi connectivity index (χ1v) is 6.50. The predicted octanol–water partition coefficient (Wildman–Crippen LogP) is 1.36. The van der Waals surface area contributed by atoms with Crippen molar-refractivity contribution >= 4 is 15.9 Å². The Bertz CT molecular complexity index is 333. The molecule has 1 aliphatic rings. The maximum atomic E-state index is 4.25. The molecule has 16 heavy (non-hydrogen) atoms. The predicted molar refractivity (Wildman–Crippen MR) is 68.2 cm³/mol. The number of hydrogen-bond acceptors (Lipinski definition) is 3. The van der Waals surface area contributed by atoms with E-state index in [9.17, 15) is 0 Å². The van der Waals surface area contributed by atoms with Crippen molar-refractivity contribution in [3.05, 3.63) is 16.4 Å². The number of hydrogen-bond donors (Lipinski definition) is 1. The van der Waals surface area contributed by atoms with Crippen molar-refractivity contribution in [2.24, 2.45) is 7.05 Å². The minimum Gasteiger partial charge on any atom is -0.309 e. The van der Waals surface area contributed by atoms with Gasteiger partial charge in [0.05, 0.1) is 16.4 Å². The molecule has 2 rings (SSSR count). The molecule has 0 saturated carbocycles. The average Bonchev–Trinajstić information content (AvgIpc) is 2.48. The lowest BCUT2D eigenvalue weighted by Gasteiger charge is -2.36. The summed E-state index contributed by atoms with van der Waals surface area (Å²) in [6, 6.07) is 1.13. The standard InChI is InChI=1S/C11H19BrN4/c1-8-5-16(6-9(2)14-8)7-11-10(12)4-13-15(11)3/h4,8-9,14H,5-7H2,1-3H3. The van der Waals surface area contributed by atoms with Gasteiger partial charge in [-0.1, -0.05) is 0 Å². The highest BCUT2D eigenvalue weighted by atomic mass is 79.9. The zero-order chi connectivity index (χ0) is 11.7. The number of nitrogens with one attached hydrogen (secondary N) is 1. The molecule has 0 aromatic carbocycles. The van der Waals surface area contributed by atoms with Gasteiger partial charge in [-0.15, -0.1) is 0 Å². The Balaban J connectivity index is 2.04. The second kappa shape index (κ2) is 4.85. The van der Waals surface area contributed by atoms with Crippen LogP contribution in [-0.4, -0.2) is 39.9 Å². The second-order valence-corrected chi connectivity index (χ2v) is 5.58. The molecule has 2 atom stereocenters. The molecule has 0 amide bonds. The fraction of sp³-hybridized carbons (Fsp3) is 0.727. The van der Waals surface area contributed by atoms with E-state index in [2.05, 4.69) is 45.1 Å². The van der Waals surface area contributed by atoms with Crippen LogP contribution in [-0.2, 0) is 13.6 Å². The van der Waals surface area contributed by atoms with Gasteiger partial charge in [-0.05, 0) is 29.8 Å². The van der Waals surface area contributed by atoms with Gasteiger partial charge in [0.1, 0.15) is 0 Å². The molecule has 5 heteroatoms. The van der Waals surface area contributed by atoms with E-state index >= 15 is 0 Å². The number of nitrogens with zero attached hydrogens (tertiary/aromatic N) is 3. The summed E-state index contributed by atoms with van der Waals surface area (Å²) in [6.45, 7) is 7.64. The first-order valence-electron chi connectivity index (χ1n) is 5.71. The Labute approximate surface area is 105 Å². The third-order valence-electron chi connectivity index (χ3n) is 3.02. The quantitative estimate of drug-likeness (QED) is 0.891. The molecule has 2 unspecified atom stereocenters. The second-order valence-electron chi connectivity index (χ2n) is 4.73. The molecule has 0 aliphatic carbocycles. The van der Waals surface area contributed by atoms with Gasteiger partial charge in [-0.3, -0.25) is 9.58 Å². The van der Waals surface area contributed by atoms with Crippen LogP contribution in [0.5, 0.6) is 0 Å². The summed E-state index contributed by atoms with van der Waals surface area (Å²) in [5.41, 5.74) is 1.25. The molecule has 1 aromatic rings. The van der Waals surface area contributed by atoms with Gasteiger partial charge >= 0.3 is 0 Å². The van der Waals surface area contributed by atoms with E-state index in [0.29, 0.717) is 12.1 Å². The zero-order valence-corrected chi connectivity index (χ0v) is 11.7. The molecule has 4 nitrogen and oxygen atoms in total. The van der Waals surface area contributed by atoms with E-state index in [4.69, 9.17) is 0 Å². The molecular formula is C11H19BrN4. The number of aromatic nitrogens is 2. The van der Waals surface area contributed by atoms with E-state index in [0.717, 1.165) is 24.1 Å². The van der Waals surface area contributed by atoms with Crippen LogP contribution in [0.4, 0.5) is 0 Å². The monoisotopic (exact) mass is 286 g/mol. The summed E-state index contributed by atoms with van der Waals surface area (Å²) in [4.78, 5) is 2.48. The molecule has 2 heterocycles. The van der Waals surface area contributed by atoms with Crippen molar-refractivity contribution < 1.29 is 0 Å². The Morgan fingerprint density at radius 1 is 1.44 bits per heavy atom. The highest BCUT2D eigenvalue weighted by Gasteiger charge is 2.22. The van der Waals surface area contributed by atoms with E-state index in [1.807, 2.05) is 17.9 Å². The number of aryl methyl sites for hydroxylation is 1. The Morgan fingerprint density at radius 2 is 2.06 bits per heavy atom. The first kappa shape index (κ1) is 12.1. The molecule has 1 saturated heterocycles. The molecule has 0 spiro atoms. The lowest BCUT2D eigenvalue weighted by molar-refractivity contribution is 0.163. The lowest BCUT2D eigenvalue weighted by atomic mass is 10.1. The van der Waals surface area contributed by atoms with Crippen molar-refractivity contribution in [1.29, 1.82) is 0 Å². The first-order chi connectivity index (χ1) is 7.56. The van der Waals surface area contributed by atoms with Gasteiger partial charge in [-0.2, -0.15) is 5.10 Å². The van der Waals surface area contributed by atoms with Gasteiger partial charge in [0.2, 0.25) is 0 Å². The summed E-state index contributed by atoms with van der Waals surface area (Å²) >= 11 is 3.55. The van der Waals surface area contributed by atoms with Crippen LogP contribution in [0.15, 0.2) is 10.7 Å². The van der Waals surface area contributed by atoms with Crippen molar-refractivity contribution in [3.8, 4) is 0 Å². The number of piperazine rings is 1. The van der Waals surface area contributed by atoms with Crippen molar-refractivity contribution in [2.45, 2.75) is 32.5 Å². The molecule has 1 aromatic heterocycles. The Hall–Kier alpha value is -0.390. The van der Waals surface area contributed by atoms with E-state index < -0.39 is 0 Å². The van der Waals surface area contributed by atoms with Crippen LogP contribution in [0, 0.1) is 0 Å². The summed E-state index contributed by atoms with van der Waals surface area (Å²) in [5, 5.41) is 7.79. The number of rotatable bonds is 2. The van der Waals surface area contributed by atoms with Gasteiger partial charge in [0.25, 0.3) is 0 Å². The maximum Gasteiger partial charge on any atom is 0.0663 e. The molecule has 0 bridgehead atoms. The van der Waals surface area contributed by atoms with Crippen molar-refractivity contribution in [3.63, 3.8) is 0 Å². The smallest absolute Gasteiger partial charge is 0.0663 e. The molecular weight excluding hydrogens is 268 g/mol. The highest BCUT2D eigenvalue weighted by molar-refractivity contribution is 9.10. The summed E-state index contributed by atoms with van der Waals surface area (Å²) in [7, 11) is 2.00. The third kappa shape index (κ3) is 2.64. The normalized spacial score (nSPS) is 27.2. The maximum absolute atomic E-state index is 4.25. The summed E-state index contributed by atoms with van der Waals surface area (Å²) in [6.07, 6.45) is 1.87. The molecule has 1 aliphatic heterocycles. The van der Waals surface area contributed by atoms with Crippen LogP contribution in [0.25, 0.3) is 0 Å². The van der Waals surface area contributed by atoms with Crippen LogP contribution in [0.2, 0.25) is 0 Å². The summed E-state index contributed by atoms with van der Waals surface area (Å²) in [5.74, 6) is 0. The summed E-state index contributed by atoms with van der Waals surface area (Å²) < 4.78 is 3.05. The zero-order valence-electron chi connectivity index (χ0n) is 10.1. The molecule has 0 radical (unpaired) electrons. The van der Waals surface area contributed by atoms with E-state index in [-0.39, 0.29) is 0 Å². The largest absolute Gasteiger partial charge is 0.309 e. The minimum atomic E-state index is 0.566. The van der Waals surface area contributed by atoms with Crippen LogP contribution in [0.1, 0.15) is 19.5 Å². The fourth-order valence-electron chi connectivity index (χ4n) is 2.40. The Kier molecular flexibility index (Phi) is 3.66. The highest BCUT2D eigenvalue weighted by Crippen LogP contribution is 2.18. The van der Waals surface area contributed by atoms with Crippen molar-refractivity contribution in [2.75, 3.05) is 13.1 Å². The van der Waals surface area contributed by atoms with Gasteiger partial charge in [0.15, 0.2) is 0 Å². The van der Waals surface area contributed by atoms with E-state index in [1.165, 1.54) is 5.69 Å².